The van der Waals surface area contributed by atoms with Crippen LogP contribution in [0.4, 0.5) is 10.6 Å². The van der Waals surface area contributed by atoms with Gasteiger partial charge in [-0.15, -0.1) is 0 Å². The first-order chi connectivity index (χ1) is 14.9. The van der Waals surface area contributed by atoms with Gasteiger partial charge < -0.3 is 20.1 Å². The van der Waals surface area contributed by atoms with Crippen molar-refractivity contribution in [2.75, 3.05) is 31.6 Å². The first-order valence-electron chi connectivity index (χ1n) is 9.61. The molecule has 1 aromatic heterocycles. The van der Waals surface area contributed by atoms with Crippen molar-refractivity contribution in [1.82, 2.24) is 14.5 Å². The van der Waals surface area contributed by atoms with E-state index >= 15 is 0 Å². The summed E-state index contributed by atoms with van der Waals surface area (Å²) in [4.78, 5) is 53.1. The minimum absolute atomic E-state index is 0.0166. The molecule has 166 valence electrons. The highest BCUT2D eigenvalue weighted by atomic mass is 16.5. The standard InChI is InChI=1S/C20H25N5O6/c1-2-30-18(27)13-24(11-9-21)17(26)12-25-10-8-16(22-19(25)28)23-20(29)31-14-15-6-4-3-5-7-15/h3-8,10H,2,9,11-14,21H2,1H3,(H,22,23,28,29). The molecule has 0 spiro atoms. The Kier molecular flexibility index (Phi) is 9.17. The molecule has 2 rings (SSSR count). The van der Waals surface area contributed by atoms with Gasteiger partial charge in [-0.1, -0.05) is 30.3 Å². The minimum Gasteiger partial charge on any atom is -0.465 e. The molecule has 0 unspecified atom stereocenters. The molecule has 0 aliphatic carbocycles. The Morgan fingerprint density at radius 1 is 1.16 bits per heavy atom. The van der Waals surface area contributed by atoms with Gasteiger partial charge in [0, 0.05) is 19.3 Å². The number of anilines is 1. The van der Waals surface area contributed by atoms with Crippen LogP contribution < -0.4 is 16.7 Å². The van der Waals surface area contributed by atoms with Gasteiger partial charge in [-0.25, -0.2) is 9.59 Å². The molecule has 11 nitrogen and oxygen atoms in total. The topological polar surface area (TPSA) is 146 Å². The Morgan fingerprint density at radius 3 is 2.55 bits per heavy atom. The number of ether oxygens (including phenoxy) is 2. The molecule has 3 N–H and O–H groups in total. The fourth-order valence-corrected chi connectivity index (χ4v) is 2.54. The number of amides is 2. The van der Waals surface area contributed by atoms with Crippen molar-refractivity contribution in [3.63, 3.8) is 0 Å². The predicted octanol–water partition coefficient (Wildman–Crippen LogP) is 0.342. The molecule has 0 atom stereocenters. The van der Waals surface area contributed by atoms with Crippen LogP contribution in [0.5, 0.6) is 0 Å². The first kappa shape index (κ1) is 23.5. The molecule has 0 radical (unpaired) electrons. The van der Waals surface area contributed by atoms with Gasteiger partial charge in [0.05, 0.1) is 6.61 Å². The van der Waals surface area contributed by atoms with Gasteiger partial charge in [0.25, 0.3) is 0 Å². The lowest BCUT2D eigenvalue weighted by atomic mass is 10.2. The van der Waals surface area contributed by atoms with Crippen molar-refractivity contribution in [2.45, 2.75) is 20.1 Å². The van der Waals surface area contributed by atoms with E-state index in [2.05, 4.69) is 10.3 Å². The molecule has 0 aliphatic heterocycles. The van der Waals surface area contributed by atoms with E-state index in [0.717, 1.165) is 10.1 Å². The zero-order valence-electron chi connectivity index (χ0n) is 17.2. The van der Waals surface area contributed by atoms with Gasteiger partial charge in [0.15, 0.2) is 0 Å². The normalized spacial score (nSPS) is 10.3. The molecule has 0 aliphatic rings. The van der Waals surface area contributed by atoms with Crippen LogP contribution in [0.1, 0.15) is 12.5 Å². The Morgan fingerprint density at radius 2 is 1.90 bits per heavy atom. The van der Waals surface area contributed by atoms with E-state index in [1.165, 1.54) is 17.2 Å². The number of carbonyl (C=O) groups excluding carboxylic acids is 3. The maximum absolute atomic E-state index is 12.5. The lowest BCUT2D eigenvalue weighted by molar-refractivity contribution is -0.149. The highest BCUT2D eigenvalue weighted by Crippen LogP contribution is 2.04. The molecule has 11 heteroatoms. The Balaban J connectivity index is 1.94. The number of esters is 1. The van der Waals surface area contributed by atoms with Crippen molar-refractivity contribution >= 4 is 23.8 Å². The maximum Gasteiger partial charge on any atom is 0.413 e. The molecule has 2 aromatic rings. The van der Waals surface area contributed by atoms with Crippen LogP contribution in [-0.2, 0) is 32.2 Å². The van der Waals surface area contributed by atoms with E-state index in [0.29, 0.717) is 0 Å². The number of rotatable bonds is 10. The van der Waals surface area contributed by atoms with Crippen LogP contribution in [0, 0.1) is 0 Å². The van der Waals surface area contributed by atoms with Crippen molar-refractivity contribution in [3.8, 4) is 0 Å². The smallest absolute Gasteiger partial charge is 0.413 e. The highest BCUT2D eigenvalue weighted by Gasteiger charge is 2.18. The number of nitrogens with zero attached hydrogens (tertiary/aromatic N) is 3. The van der Waals surface area contributed by atoms with E-state index in [9.17, 15) is 19.2 Å². The first-order valence-corrected chi connectivity index (χ1v) is 9.61. The largest absolute Gasteiger partial charge is 0.465 e. The third kappa shape index (κ3) is 7.90. The number of carbonyl (C=O) groups is 3. The van der Waals surface area contributed by atoms with Gasteiger partial charge in [-0.05, 0) is 18.6 Å². The molecular weight excluding hydrogens is 406 g/mol. The van der Waals surface area contributed by atoms with Gasteiger partial charge in [0.2, 0.25) is 5.91 Å². The average molecular weight is 431 g/mol. The molecule has 1 aromatic carbocycles. The second-order valence-electron chi connectivity index (χ2n) is 6.32. The van der Waals surface area contributed by atoms with Crippen molar-refractivity contribution in [1.29, 1.82) is 0 Å². The molecule has 0 fully saturated rings. The second kappa shape index (κ2) is 12.1. The SMILES string of the molecule is CCOC(=O)CN(CCN)C(=O)Cn1ccc(NC(=O)OCc2ccccc2)nc1=O. The maximum atomic E-state index is 12.5. The summed E-state index contributed by atoms with van der Waals surface area (Å²) in [5.41, 5.74) is 5.55. The molecule has 0 bridgehead atoms. The summed E-state index contributed by atoms with van der Waals surface area (Å²) in [6, 6.07) is 10.5. The van der Waals surface area contributed by atoms with Gasteiger partial charge in [-0.2, -0.15) is 4.98 Å². The number of nitrogens with one attached hydrogen (secondary N) is 1. The van der Waals surface area contributed by atoms with Gasteiger partial charge in [-0.3, -0.25) is 19.5 Å². The van der Waals surface area contributed by atoms with Gasteiger partial charge in [0.1, 0.15) is 25.5 Å². The molecule has 31 heavy (non-hydrogen) atoms. The van der Waals surface area contributed by atoms with E-state index in [-0.39, 0.29) is 45.2 Å². The molecule has 0 saturated carbocycles. The molecule has 0 saturated heterocycles. The monoisotopic (exact) mass is 431 g/mol. The molecule has 2 amide bonds. The van der Waals surface area contributed by atoms with Crippen LogP contribution in [0.2, 0.25) is 0 Å². The van der Waals surface area contributed by atoms with E-state index in [4.69, 9.17) is 15.2 Å². The summed E-state index contributed by atoms with van der Waals surface area (Å²) in [5.74, 6) is -1.08. The fourth-order valence-electron chi connectivity index (χ4n) is 2.54. The van der Waals surface area contributed by atoms with Crippen LogP contribution in [0.3, 0.4) is 0 Å². The lowest BCUT2D eigenvalue weighted by Crippen LogP contribution is -2.42. The van der Waals surface area contributed by atoms with E-state index in [1.54, 1.807) is 19.1 Å². The summed E-state index contributed by atoms with van der Waals surface area (Å²) in [6.45, 7) is 1.58. The number of aromatic nitrogens is 2. The third-order valence-corrected chi connectivity index (χ3v) is 4.00. The van der Waals surface area contributed by atoms with E-state index in [1.807, 2.05) is 18.2 Å². The molecule has 1 heterocycles. The zero-order valence-corrected chi connectivity index (χ0v) is 17.2. The zero-order chi connectivity index (χ0) is 22.6. The summed E-state index contributed by atoms with van der Waals surface area (Å²) < 4.78 is 11.0. The Hall–Kier alpha value is -3.73. The summed E-state index contributed by atoms with van der Waals surface area (Å²) >= 11 is 0. The number of nitrogens with two attached hydrogens (primary N) is 1. The third-order valence-electron chi connectivity index (χ3n) is 4.00. The van der Waals surface area contributed by atoms with Crippen LogP contribution in [0.15, 0.2) is 47.4 Å². The summed E-state index contributed by atoms with van der Waals surface area (Å²) in [5, 5.41) is 2.36. The van der Waals surface area contributed by atoms with Crippen molar-refractivity contribution in [3.05, 3.63) is 58.6 Å². The second-order valence-corrected chi connectivity index (χ2v) is 6.32. The quantitative estimate of drug-likeness (QED) is 0.512. The number of benzene rings is 1. The Labute approximate surface area is 178 Å². The van der Waals surface area contributed by atoms with E-state index < -0.39 is 23.7 Å². The Bertz CT molecular complexity index is 947. The minimum atomic E-state index is -0.770. The van der Waals surface area contributed by atoms with Crippen LogP contribution in [-0.4, -0.2) is 58.7 Å². The predicted molar refractivity (Wildman–Crippen MR) is 111 cm³/mol. The fraction of sp³-hybridized carbons (Fsp3) is 0.350. The average Bonchev–Trinajstić information content (AvgIpc) is 2.75. The van der Waals surface area contributed by atoms with Crippen molar-refractivity contribution < 1.29 is 23.9 Å². The molecular formula is C20H25N5O6. The van der Waals surface area contributed by atoms with Crippen LogP contribution >= 0.6 is 0 Å². The summed E-state index contributed by atoms with van der Waals surface area (Å²) in [6.07, 6.45) is 0.540. The van der Waals surface area contributed by atoms with Gasteiger partial charge >= 0.3 is 17.8 Å². The van der Waals surface area contributed by atoms with Crippen LogP contribution in [0.25, 0.3) is 0 Å². The van der Waals surface area contributed by atoms with Crippen molar-refractivity contribution in [2.24, 2.45) is 5.73 Å². The highest BCUT2D eigenvalue weighted by molar-refractivity contribution is 5.83. The number of hydrogen-bond donors (Lipinski definition) is 2. The lowest BCUT2D eigenvalue weighted by Gasteiger charge is -2.21. The number of hydrogen-bond acceptors (Lipinski definition) is 8. The summed E-state index contributed by atoms with van der Waals surface area (Å²) in [7, 11) is 0.